The van der Waals surface area contributed by atoms with Crippen LogP contribution in [0, 0.1) is 0 Å². The molecule has 0 radical (unpaired) electrons. The van der Waals surface area contributed by atoms with Gasteiger partial charge in [-0.15, -0.1) is 0 Å². The SMILES string of the molecule is COCO[C@H](C[C@H](O)CCO)c1ccccc1. The van der Waals surface area contributed by atoms with E-state index in [2.05, 4.69) is 0 Å². The molecule has 0 aromatic heterocycles. The molecule has 0 bridgehead atoms. The summed E-state index contributed by atoms with van der Waals surface area (Å²) in [6.07, 6.45) is 0.0351. The molecule has 2 atom stereocenters. The quantitative estimate of drug-likeness (QED) is 0.676. The summed E-state index contributed by atoms with van der Waals surface area (Å²) in [7, 11) is 1.56. The molecule has 0 aliphatic rings. The highest BCUT2D eigenvalue weighted by Gasteiger charge is 2.16. The highest BCUT2D eigenvalue weighted by atomic mass is 16.7. The number of hydrogen-bond donors (Lipinski definition) is 2. The van der Waals surface area contributed by atoms with Crippen LogP contribution in [0.4, 0.5) is 0 Å². The van der Waals surface area contributed by atoms with Crippen LogP contribution >= 0.6 is 0 Å². The minimum atomic E-state index is -0.568. The summed E-state index contributed by atoms with van der Waals surface area (Å²) >= 11 is 0. The largest absolute Gasteiger partial charge is 0.396 e. The third-order valence-corrected chi connectivity index (χ3v) is 2.51. The molecule has 1 rings (SSSR count). The number of methoxy groups -OCH3 is 1. The normalized spacial score (nSPS) is 14.5. The van der Waals surface area contributed by atoms with Crippen LogP contribution in [-0.4, -0.2) is 36.8 Å². The Kier molecular flexibility index (Phi) is 6.81. The average molecular weight is 240 g/mol. The standard InChI is InChI=1S/C13H20O4/c1-16-10-17-13(9-12(15)7-8-14)11-5-3-2-4-6-11/h2-6,12-15H,7-10H2,1H3/t12-,13-/m1/s1. The Hall–Kier alpha value is -0.940. The van der Waals surface area contributed by atoms with Gasteiger partial charge in [0.05, 0.1) is 12.2 Å². The van der Waals surface area contributed by atoms with Crippen molar-refractivity contribution in [2.45, 2.75) is 25.0 Å². The molecule has 4 heteroatoms. The third kappa shape index (κ3) is 5.28. The van der Waals surface area contributed by atoms with Crippen molar-refractivity contribution < 1.29 is 19.7 Å². The maximum Gasteiger partial charge on any atom is 0.147 e. The summed E-state index contributed by atoms with van der Waals surface area (Å²) in [6, 6.07) is 9.69. The second-order valence-electron chi connectivity index (χ2n) is 3.87. The summed E-state index contributed by atoms with van der Waals surface area (Å²) < 4.78 is 10.4. The molecule has 0 unspecified atom stereocenters. The van der Waals surface area contributed by atoms with Crippen molar-refractivity contribution in [1.82, 2.24) is 0 Å². The van der Waals surface area contributed by atoms with Gasteiger partial charge in [0, 0.05) is 20.1 Å². The number of hydrogen-bond acceptors (Lipinski definition) is 4. The van der Waals surface area contributed by atoms with E-state index in [1.807, 2.05) is 30.3 Å². The predicted molar refractivity (Wildman–Crippen MR) is 64.5 cm³/mol. The lowest BCUT2D eigenvalue weighted by molar-refractivity contribution is -0.0873. The van der Waals surface area contributed by atoms with Crippen molar-refractivity contribution in [3.05, 3.63) is 35.9 Å². The van der Waals surface area contributed by atoms with Gasteiger partial charge in [-0.1, -0.05) is 30.3 Å². The van der Waals surface area contributed by atoms with Gasteiger partial charge < -0.3 is 19.7 Å². The van der Waals surface area contributed by atoms with Crippen molar-refractivity contribution in [2.24, 2.45) is 0 Å². The summed E-state index contributed by atoms with van der Waals surface area (Å²) in [4.78, 5) is 0. The molecule has 0 spiro atoms. The van der Waals surface area contributed by atoms with Crippen molar-refractivity contribution in [3.63, 3.8) is 0 Å². The highest BCUT2D eigenvalue weighted by Crippen LogP contribution is 2.23. The predicted octanol–water partition coefficient (Wildman–Crippen LogP) is 1.48. The van der Waals surface area contributed by atoms with Gasteiger partial charge in [-0.25, -0.2) is 0 Å². The first-order valence-electron chi connectivity index (χ1n) is 5.72. The first kappa shape index (κ1) is 14.1. The van der Waals surface area contributed by atoms with Crippen molar-refractivity contribution >= 4 is 0 Å². The minimum absolute atomic E-state index is 0.0209. The maximum absolute atomic E-state index is 9.70. The molecule has 1 aromatic carbocycles. The second kappa shape index (κ2) is 8.20. The topological polar surface area (TPSA) is 58.9 Å². The number of benzene rings is 1. The molecule has 0 aliphatic carbocycles. The zero-order valence-electron chi connectivity index (χ0n) is 10.1. The monoisotopic (exact) mass is 240 g/mol. The van der Waals surface area contributed by atoms with Crippen molar-refractivity contribution in [2.75, 3.05) is 20.5 Å². The molecule has 0 saturated heterocycles. The molecular formula is C13H20O4. The number of aliphatic hydroxyl groups is 2. The molecule has 2 N–H and O–H groups in total. The fourth-order valence-electron chi connectivity index (χ4n) is 1.63. The van der Waals surface area contributed by atoms with E-state index >= 15 is 0 Å². The molecule has 0 heterocycles. The number of ether oxygens (including phenoxy) is 2. The molecule has 4 nitrogen and oxygen atoms in total. The van der Waals surface area contributed by atoms with Gasteiger partial charge in [0.2, 0.25) is 0 Å². The van der Waals surface area contributed by atoms with Crippen LogP contribution in [0.5, 0.6) is 0 Å². The van der Waals surface area contributed by atoms with Crippen molar-refractivity contribution in [1.29, 1.82) is 0 Å². The molecule has 17 heavy (non-hydrogen) atoms. The third-order valence-electron chi connectivity index (χ3n) is 2.51. The first-order chi connectivity index (χ1) is 8.27. The maximum atomic E-state index is 9.70. The van der Waals surface area contributed by atoms with E-state index in [9.17, 15) is 5.11 Å². The van der Waals surface area contributed by atoms with E-state index in [0.29, 0.717) is 12.8 Å². The average Bonchev–Trinajstić information content (AvgIpc) is 2.36. The van der Waals surface area contributed by atoms with Gasteiger partial charge in [-0.2, -0.15) is 0 Å². The van der Waals surface area contributed by atoms with Crippen molar-refractivity contribution in [3.8, 4) is 0 Å². The van der Waals surface area contributed by atoms with Crippen LogP contribution < -0.4 is 0 Å². The second-order valence-corrected chi connectivity index (χ2v) is 3.87. The van der Waals surface area contributed by atoms with Crippen LogP contribution in [0.2, 0.25) is 0 Å². The molecule has 0 saturated carbocycles. The van der Waals surface area contributed by atoms with Gasteiger partial charge in [-0.3, -0.25) is 0 Å². The van der Waals surface area contributed by atoms with Crippen LogP contribution in [0.1, 0.15) is 24.5 Å². The van der Waals surface area contributed by atoms with E-state index in [0.717, 1.165) is 5.56 Å². The zero-order valence-corrected chi connectivity index (χ0v) is 10.1. The lowest BCUT2D eigenvalue weighted by Crippen LogP contribution is -2.17. The molecule has 96 valence electrons. The van der Waals surface area contributed by atoms with Gasteiger partial charge in [0.1, 0.15) is 6.79 Å². The smallest absolute Gasteiger partial charge is 0.147 e. The summed E-state index contributed by atoms with van der Waals surface area (Å²) in [5, 5.41) is 18.5. The summed E-state index contributed by atoms with van der Waals surface area (Å²) in [5.74, 6) is 0. The molecule has 1 aromatic rings. The number of rotatable bonds is 8. The lowest BCUT2D eigenvalue weighted by atomic mass is 10.0. The Morgan fingerprint density at radius 2 is 1.94 bits per heavy atom. The number of aliphatic hydroxyl groups excluding tert-OH is 2. The first-order valence-corrected chi connectivity index (χ1v) is 5.72. The Labute approximate surface area is 102 Å². The van der Waals surface area contributed by atoms with Crippen LogP contribution in [0.15, 0.2) is 30.3 Å². The van der Waals surface area contributed by atoms with Gasteiger partial charge in [0.15, 0.2) is 0 Å². The van der Waals surface area contributed by atoms with E-state index in [1.54, 1.807) is 7.11 Å². The Morgan fingerprint density at radius 3 is 2.53 bits per heavy atom. The van der Waals surface area contributed by atoms with Crippen LogP contribution in [-0.2, 0) is 9.47 Å². The Bertz CT molecular complexity index is 289. The Morgan fingerprint density at radius 1 is 1.24 bits per heavy atom. The van der Waals surface area contributed by atoms with E-state index in [1.165, 1.54) is 0 Å². The minimum Gasteiger partial charge on any atom is -0.396 e. The molecule has 0 amide bonds. The summed E-state index contributed by atoms with van der Waals surface area (Å²) in [5.41, 5.74) is 1.00. The van der Waals surface area contributed by atoms with E-state index in [4.69, 9.17) is 14.6 Å². The molecule has 0 aliphatic heterocycles. The van der Waals surface area contributed by atoms with Crippen LogP contribution in [0.25, 0.3) is 0 Å². The fraction of sp³-hybridized carbons (Fsp3) is 0.538. The van der Waals surface area contributed by atoms with Gasteiger partial charge in [0.25, 0.3) is 0 Å². The zero-order chi connectivity index (χ0) is 12.5. The van der Waals surface area contributed by atoms with Crippen LogP contribution in [0.3, 0.4) is 0 Å². The van der Waals surface area contributed by atoms with E-state index in [-0.39, 0.29) is 19.5 Å². The van der Waals surface area contributed by atoms with Gasteiger partial charge in [-0.05, 0) is 12.0 Å². The molecular weight excluding hydrogens is 220 g/mol. The van der Waals surface area contributed by atoms with Gasteiger partial charge >= 0.3 is 0 Å². The lowest BCUT2D eigenvalue weighted by Gasteiger charge is -2.20. The summed E-state index contributed by atoms with van der Waals surface area (Å²) in [6.45, 7) is 0.165. The van der Waals surface area contributed by atoms with E-state index < -0.39 is 6.10 Å². The highest BCUT2D eigenvalue weighted by molar-refractivity contribution is 5.17. The Balaban J connectivity index is 2.60. The fourth-order valence-corrected chi connectivity index (χ4v) is 1.63. The molecule has 0 fully saturated rings.